The van der Waals surface area contributed by atoms with Crippen molar-refractivity contribution in [1.82, 2.24) is 5.32 Å². The maximum absolute atomic E-state index is 5.70. The minimum atomic E-state index is 0.679. The third kappa shape index (κ3) is 4.68. The molecule has 0 saturated heterocycles. The van der Waals surface area contributed by atoms with Crippen LogP contribution in [0.2, 0.25) is 0 Å². The summed E-state index contributed by atoms with van der Waals surface area (Å²) in [6, 6.07) is 0. The van der Waals surface area contributed by atoms with Crippen molar-refractivity contribution in [3.05, 3.63) is 23.2 Å². The fraction of sp³-hybridized carbons (Fsp3) is 0.583. The number of hydrogen-bond acceptors (Lipinski definition) is 3. The highest BCUT2D eigenvalue weighted by molar-refractivity contribution is 6.00. The summed E-state index contributed by atoms with van der Waals surface area (Å²) in [4.78, 5) is 4.29. The van der Waals surface area contributed by atoms with Crippen molar-refractivity contribution in [1.29, 1.82) is 0 Å². The fourth-order valence-corrected chi connectivity index (χ4v) is 1.30. The van der Waals surface area contributed by atoms with Crippen LogP contribution in [0.25, 0.3) is 0 Å². The lowest BCUT2D eigenvalue weighted by Crippen LogP contribution is -2.20. The Kier molecular flexibility index (Phi) is 6.50. The van der Waals surface area contributed by atoms with Gasteiger partial charge in [-0.15, -0.1) is 0 Å². The van der Waals surface area contributed by atoms with Gasteiger partial charge in [-0.3, -0.25) is 4.99 Å². The van der Waals surface area contributed by atoms with Crippen molar-refractivity contribution < 1.29 is 0 Å². The van der Waals surface area contributed by atoms with E-state index in [-0.39, 0.29) is 0 Å². The molecule has 0 aliphatic carbocycles. The van der Waals surface area contributed by atoms with Gasteiger partial charge in [0, 0.05) is 18.5 Å². The van der Waals surface area contributed by atoms with Crippen molar-refractivity contribution in [2.24, 2.45) is 10.7 Å². The molecule has 0 atom stereocenters. The highest BCUT2D eigenvalue weighted by Gasteiger charge is 2.04. The van der Waals surface area contributed by atoms with Crippen LogP contribution >= 0.6 is 0 Å². The molecule has 0 aliphatic heterocycles. The Balaban J connectivity index is 4.75. The molecular weight excluding hydrogens is 186 g/mol. The fourth-order valence-electron chi connectivity index (χ4n) is 1.30. The van der Waals surface area contributed by atoms with Gasteiger partial charge >= 0.3 is 0 Å². The highest BCUT2D eigenvalue weighted by Crippen LogP contribution is 2.08. The maximum atomic E-state index is 5.70. The van der Waals surface area contributed by atoms with Gasteiger partial charge in [-0.1, -0.05) is 13.3 Å². The second-order valence-corrected chi connectivity index (χ2v) is 3.54. The molecule has 0 spiro atoms. The van der Waals surface area contributed by atoms with E-state index >= 15 is 0 Å². The summed E-state index contributed by atoms with van der Waals surface area (Å²) in [7, 11) is 1.83. The van der Waals surface area contributed by atoms with E-state index in [1.165, 1.54) is 5.57 Å². The molecule has 0 rings (SSSR count). The molecule has 3 nitrogen and oxygen atoms in total. The average Bonchev–Trinajstić information content (AvgIpc) is 2.24. The highest BCUT2D eigenvalue weighted by atomic mass is 15.0. The zero-order chi connectivity index (χ0) is 11.8. The van der Waals surface area contributed by atoms with Crippen LogP contribution in [-0.2, 0) is 0 Å². The zero-order valence-electron chi connectivity index (χ0n) is 10.5. The molecule has 15 heavy (non-hydrogen) atoms. The van der Waals surface area contributed by atoms with Gasteiger partial charge in [0.25, 0.3) is 0 Å². The summed E-state index contributed by atoms with van der Waals surface area (Å²) in [5.74, 6) is 0.679. The predicted molar refractivity (Wildman–Crippen MR) is 67.7 cm³/mol. The lowest BCUT2D eigenvalue weighted by molar-refractivity contribution is 0.921. The summed E-state index contributed by atoms with van der Waals surface area (Å²) in [6.45, 7) is 8.16. The summed E-state index contributed by atoms with van der Waals surface area (Å²) < 4.78 is 0. The van der Waals surface area contributed by atoms with Gasteiger partial charge in [0.2, 0.25) is 0 Å². The van der Waals surface area contributed by atoms with E-state index in [4.69, 9.17) is 5.73 Å². The Hall–Kier alpha value is -1.25. The maximum Gasteiger partial charge on any atom is 0.0958 e. The normalized spacial score (nSPS) is 15.0. The summed E-state index contributed by atoms with van der Waals surface area (Å²) >= 11 is 0. The second kappa shape index (κ2) is 7.10. The van der Waals surface area contributed by atoms with Crippen LogP contribution in [-0.4, -0.2) is 12.8 Å². The van der Waals surface area contributed by atoms with Gasteiger partial charge in [-0.05, 0) is 38.8 Å². The first kappa shape index (κ1) is 13.8. The smallest absolute Gasteiger partial charge is 0.0958 e. The van der Waals surface area contributed by atoms with Crippen LogP contribution in [0.1, 0.15) is 40.5 Å². The van der Waals surface area contributed by atoms with E-state index in [1.807, 2.05) is 27.0 Å². The quantitative estimate of drug-likeness (QED) is 0.684. The third-order valence-electron chi connectivity index (χ3n) is 2.39. The lowest BCUT2D eigenvalue weighted by Gasteiger charge is -2.12. The molecule has 0 aliphatic rings. The molecule has 0 radical (unpaired) electrons. The number of rotatable bonds is 5. The van der Waals surface area contributed by atoms with Crippen LogP contribution in [0, 0.1) is 0 Å². The standard InChI is InChI=1S/C12H23N3/c1-6-8-11(14-5)9(3)10(4)15-12(13)7-2/h7,15H,6,8,13H2,1-5H3/b10-9+,12-7+,14-11-. The molecule has 3 N–H and O–H groups in total. The van der Waals surface area contributed by atoms with Crippen LogP contribution in [0.3, 0.4) is 0 Å². The number of nitrogens with one attached hydrogen (secondary N) is 1. The molecule has 0 unspecified atom stereocenters. The molecule has 0 bridgehead atoms. The van der Waals surface area contributed by atoms with Gasteiger partial charge in [0.15, 0.2) is 0 Å². The largest absolute Gasteiger partial charge is 0.386 e. The molecule has 3 heteroatoms. The second-order valence-electron chi connectivity index (χ2n) is 3.54. The minimum absolute atomic E-state index is 0.679. The summed E-state index contributed by atoms with van der Waals surface area (Å²) in [5.41, 5.74) is 9.10. The molecule has 0 aromatic rings. The number of nitrogens with zero attached hydrogens (tertiary/aromatic N) is 1. The molecule has 86 valence electrons. The Morgan fingerprint density at radius 3 is 2.40 bits per heavy atom. The van der Waals surface area contributed by atoms with E-state index < -0.39 is 0 Å². The monoisotopic (exact) mass is 209 g/mol. The Labute approximate surface area is 93.2 Å². The first-order valence-corrected chi connectivity index (χ1v) is 5.39. The van der Waals surface area contributed by atoms with Gasteiger partial charge < -0.3 is 11.1 Å². The van der Waals surface area contributed by atoms with Crippen molar-refractivity contribution >= 4 is 5.71 Å². The predicted octanol–water partition coefficient (Wildman–Crippen LogP) is 2.56. The van der Waals surface area contributed by atoms with E-state index in [0.717, 1.165) is 24.3 Å². The van der Waals surface area contributed by atoms with E-state index in [2.05, 4.69) is 24.2 Å². The third-order valence-corrected chi connectivity index (χ3v) is 2.39. The number of nitrogens with two attached hydrogens (primary N) is 1. The van der Waals surface area contributed by atoms with Gasteiger partial charge in [-0.25, -0.2) is 0 Å². The minimum Gasteiger partial charge on any atom is -0.386 e. The Morgan fingerprint density at radius 2 is 2.00 bits per heavy atom. The number of allylic oxidation sites excluding steroid dienone is 3. The molecule has 0 aromatic heterocycles. The van der Waals surface area contributed by atoms with Crippen molar-refractivity contribution in [3.63, 3.8) is 0 Å². The molecule has 0 heterocycles. The first-order chi connectivity index (χ1) is 7.06. The molecule has 0 amide bonds. The van der Waals surface area contributed by atoms with Gasteiger partial charge in [0.05, 0.1) is 5.82 Å². The lowest BCUT2D eigenvalue weighted by atomic mass is 10.1. The molecular formula is C12H23N3. The van der Waals surface area contributed by atoms with Crippen molar-refractivity contribution in [2.45, 2.75) is 40.5 Å². The molecule has 0 fully saturated rings. The Morgan fingerprint density at radius 1 is 1.40 bits per heavy atom. The molecule has 0 saturated carbocycles. The summed E-state index contributed by atoms with van der Waals surface area (Å²) in [5, 5.41) is 3.14. The average molecular weight is 209 g/mol. The van der Waals surface area contributed by atoms with Gasteiger partial charge in [0.1, 0.15) is 0 Å². The van der Waals surface area contributed by atoms with Crippen LogP contribution in [0.5, 0.6) is 0 Å². The Bertz CT molecular complexity index is 285. The SMILES string of the molecule is C/C=C(\N)N/C(C)=C(C)/C(CCC)=N\C. The van der Waals surface area contributed by atoms with Crippen LogP contribution in [0.15, 0.2) is 28.2 Å². The van der Waals surface area contributed by atoms with Crippen LogP contribution in [0.4, 0.5) is 0 Å². The molecule has 0 aromatic carbocycles. The summed E-state index contributed by atoms with van der Waals surface area (Å²) in [6.07, 6.45) is 3.97. The van der Waals surface area contributed by atoms with Crippen LogP contribution < -0.4 is 11.1 Å². The van der Waals surface area contributed by atoms with E-state index in [1.54, 1.807) is 0 Å². The van der Waals surface area contributed by atoms with E-state index in [9.17, 15) is 0 Å². The topological polar surface area (TPSA) is 50.4 Å². The first-order valence-electron chi connectivity index (χ1n) is 5.39. The van der Waals surface area contributed by atoms with Crippen molar-refractivity contribution in [3.8, 4) is 0 Å². The van der Waals surface area contributed by atoms with Crippen molar-refractivity contribution in [2.75, 3.05) is 7.05 Å². The van der Waals surface area contributed by atoms with Gasteiger partial charge in [-0.2, -0.15) is 0 Å². The number of aliphatic imine (C=N–C) groups is 1. The zero-order valence-corrected chi connectivity index (χ0v) is 10.5. The number of hydrogen-bond donors (Lipinski definition) is 2. The van der Waals surface area contributed by atoms with E-state index in [0.29, 0.717) is 5.82 Å².